The van der Waals surface area contributed by atoms with Crippen molar-refractivity contribution in [2.75, 3.05) is 14.2 Å². The maximum Gasteiger partial charge on any atom is 0.119 e. The number of nitrogens with zero attached hydrogens (tertiary/aromatic N) is 1. The van der Waals surface area contributed by atoms with Crippen LogP contribution in [0.15, 0.2) is 18.2 Å². The van der Waals surface area contributed by atoms with E-state index < -0.39 is 0 Å². The molecule has 3 nitrogen and oxygen atoms in total. The second kappa shape index (κ2) is 5.29. The Bertz CT molecular complexity index is 417. The fourth-order valence-corrected chi connectivity index (χ4v) is 2.77. The number of hydrogen-bond acceptors (Lipinski definition) is 3. The van der Waals surface area contributed by atoms with E-state index in [9.17, 15) is 0 Å². The molecule has 0 bridgehead atoms. The van der Waals surface area contributed by atoms with Crippen molar-refractivity contribution in [3.05, 3.63) is 29.3 Å². The summed E-state index contributed by atoms with van der Waals surface area (Å²) >= 11 is 0. The second-order valence-corrected chi connectivity index (χ2v) is 5.46. The first-order valence-corrected chi connectivity index (χ1v) is 6.69. The number of likely N-dealkylation sites (N-methyl/N-ethyl adjacent to an activating group) is 1. The number of fused-ring (bicyclic) bond motifs is 1. The van der Waals surface area contributed by atoms with Crippen LogP contribution in [-0.2, 0) is 6.42 Å². The van der Waals surface area contributed by atoms with Gasteiger partial charge in [-0.3, -0.25) is 4.90 Å². The Morgan fingerprint density at radius 1 is 1.39 bits per heavy atom. The zero-order valence-electron chi connectivity index (χ0n) is 11.8. The van der Waals surface area contributed by atoms with Gasteiger partial charge in [0.1, 0.15) is 5.75 Å². The molecule has 0 fully saturated rings. The molecule has 0 radical (unpaired) electrons. The summed E-state index contributed by atoms with van der Waals surface area (Å²) < 4.78 is 5.30. The third kappa shape index (κ3) is 2.38. The van der Waals surface area contributed by atoms with Gasteiger partial charge in [0.25, 0.3) is 0 Å². The van der Waals surface area contributed by atoms with Crippen LogP contribution >= 0.6 is 0 Å². The summed E-state index contributed by atoms with van der Waals surface area (Å²) in [6, 6.07) is 7.30. The van der Waals surface area contributed by atoms with Crippen LogP contribution in [0.5, 0.6) is 5.75 Å². The van der Waals surface area contributed by atoms with Gasteiger partial charge in [0.15, 0.2) is 0 Å². The van der Waals surface area contributed by atoms with Gasteiger partial charge in [-0.15, -0.1) is 0 Å². The predicted octanol–water partition coefficient (Wildman–Crippen LogP) is 2.35. The molecule has 2 atom stereocenters. The molecule has 1 aromatic carbocycles. The van der Waals surface area contributed by atoms with E-state index >= 15 is 0 Å². The molecule has 2 rings (SSSR count). The van der Waals surface area contributed by atoms with Gasteiger partial charge in [-0.05, 0) is 57.0 Å². The highest BCUT2D eigenvalue weighted by Gasteiger charge is 2.30. The van der Waals surface area contributed by atoms with Crippen molar-refractivity contribution >= 4 is 0 Å². The maximum atomic E-state index is 6.46. The van der Waals surface area contributed by atoms with Gasteiger partial charge in [0.05, 0.1) is 7.11 Å². The van der Waals surface area contributed by atoms with E-state index in [1.165, 1.54) is 11.1 Å². The summed E-state index contributed by atoms with van der Waals surface area (Å²) in [5.74, 6) is 0.900. The average Bonchev–Trinajstić information content (AvgIpc) is 2.38. The highest BCUT2D eigenvalue weighted by molar-refractivity contribution is 5.40. The fourth-order valence-electron chi connectivity index (χ4n) is 2.77. The molecule has 2 N–H and O–H groups in total. The lowest BCUT2D eigenvalue weighted by Gasteiger charge is -2.39. The molecule has 1 aromatic rings. The van der Waals surface area contributed by atoms with Gasteiger partial charge in [0.2, 0.25) is 0 Å². The highest BCUT2D eigenvalue weighted by Crippen LogP contribution is 2.33. The van der Waals surface area contributed by atoms with Gasteiger partial charge in [-0.2, -0.15) is 0 Å². The zero-order valence-corrected chi connectivity index (χ0v) is 11.8. The molecular formula is C15H24N2O. The molecule has 0 heterocycles. The molecule has 0 amide bonds. The SMILES string of the molecule is COc1ccc2c(c1)C(N)C(N(C)C(C)C)CC2. The third-order valence-corrected chi connectivity index (χ3v) is 4.17. The molecule has 0 aromatic heterocycles. The highest BCUT2D eigenvalue weighted by atomic mass is 16.5. The number of aryl methyl sites for hydroxylation is 1. The third-order valence-electron chi connectivity index (χ3n) is 4.17. The van der Waals surface area contributed by atoms with E-state index in [0.717, 1.165) is 18.6 Å². The van der Waals surface area contributed by atoms with E-state index in [0.29, 0.717) is 12.1 Å². The summed E-state index contributed by atoms with van der Waals surface area (Å²) in [7, 11) is 3.87. The molecule has 3 heteroatoms. The Hall–Kier alpha value is -1.06. The minimum atomic E-state index is 0.0799. The smallest absolute Gasteiger partial charge is 0.119 e. The Kier molecular flexibility index (Phi) is 3.93. The van der Waals surface area contributed by atoms with Crippen molar-refractivity contribution in [3.8, 4) is 5.75 Å². The van der Waals surface area contributed by atoms with Crippen molar-refractivity contribution in [3.63, 3.8) is 0 Å². The normalized spacial score (nSPS) is 23.3. The summed E-state index contributed by atoms with van der Waals surface area (Å²) in [5.41, 5.74) is 9.08. The molecule has 0 saturated carbocycles. The molecule has 2 unspecified atom stereocenters. The Morgan fingerprint density at radius 2 is 2.11 bits per heavy atom. The monoisotopic (exact) mass is 248 g/mol. The lowest BCUT2D eigenvalue weighted by Crippen LogP contribution is -2.46. The number of nitrogens with two attached hydrogens (primary N) is 1. The molecular weight excluding hydrogens is 224 g/mol. The fraction of sp³-hybridized carbons (Fsp3) is 0.600. The molecule has 0 spiro atoms. The van der Waals surface area contributed by atoms with E-state index in [2.05, 4.69) is 37.9 Å². The largest absolute Gasteiger partial charge is 0.497 e. The van der Waals surface area contributed by atoms with Crippen LogP contribution < -0.4 is 10.5 Å². The Labute approximate surface area is 110 Å². The standard InChI is InChI=1S/C15H24N2O/c1-10(2)17(3)14-8-6-11-5-7-12(18-4)9-13(11)15(14)16/h5,7,9-10,14-15H,6,8,16H2,1-4H3. The second-order valence-electron chi connectivity index (χ2n) is 5.46. The average molecular weight is 248 g/mol. The van der Waals surface area contributed by atoms with Crippen molar-refractivity contribution in [2.24, 2.45) is 5.73 Å². The number of methoxy groups -OCH3 is 1. The quantitative estimate of drug-likeness (QED) is 0.892. The lowest BCUT2D eigenvalue weighted by atomic mass is 9.83. The van der Waals surface area contributed by atoms with Crippen LogP contribution in [0, 0.1) is 0 Å². The summed E-state index contributed by atoms with van der Waals surface area (Å²) in [4.78, 5) is 2.38. The Balaban J connectivity index is 2.28. The van der Waals surface area contributed by atoms with Gasteiger partial charge >= 0.3 is 0 Å². The van der Waals surface area contributed by atoms with E-state index in [1.54, 1.807) is 7.11 Å². The zero-order chi connectivity index (χ0) is 13.3. The van der Waals surface area contributed by atoms with Crippen molar-refractivity contribution in [2.45, 2.75) is 44.8 Å². The molecule has 1 aliphatic rings. The van der Waals surface area contributed by atoms with Crippen LogP contribution in [-0.4, -0.2) is 31.1 Å². The van der Waals surface area contributed by atoms with Crippen molar-refractivity contribution < 1.29 is 4.74 Å². The molecule has 0 aliphatic heterocycles. The molecule has 1 aliphatic carbocycles. The number of hydrogen-bond donors (Lipinski definition) is 1. The number of ether oxygens (including phenoxy) is 1. The lowest BCUT2D eigenvalue weighted by molar-refractivity contribution is 0.154. The Morgan fingerprint density at radius 3 is 2.72 bits per heavy atom. The topological polar surface area (TPSA) is 38.5 Å². The van der Waals surface area contributed by atoms with E-state index in [4.69, 9.17) is 10.5 Å². The van der Waals surface area contributed by atoms with Crippen molar-refractivity contribution in [1.29, 1.82) is 0 Å². The van der Waals surface area contributed by atoms with Crippen molar-refractivity contribution in [1.82, 2.24) is 4.90 Å². The molecule has 0 saturated heterocycles. The van der Waals surface area contributed by atoms with E-state index in [1.807, 2.05) is 6.07 Å². The van der Waals surface area contributed by atoms with Gasteiger partial charge in [-0.25, -0.2) is 0 Å². The first-order chi connectivity index (χ1) is 8.54. The molecule has 18 heavy (non-hydrogen) atoms. The summed E-state index contributed by atoms with van der Waals surface area (Å²) in [6.45, 7) is 4.43. The van der Waals surface area contributed by atoms with Crippen LogP contribution in [0.2, 0.25) is 0 Å². The first kappa shape index (κ1) is 13.4. The van der Waals surface area contributed by atoms with Crippen LogP contribution in [0.4, 0.5) is 0 Å². The maximum absolute atomic E-state index is 6.46. The summed E-state index contributed by atoms with van der Waals surface area (Å²) in [6.07, 6.45) is 2.24. The van der Waals surface area contributed by atoms with E-state index in [-0.39, 0.29) is 6.04 Å². The number of benzene rings is 1. The van der Waals surface area contributed by atoms with Gasteiger partial charge in [-0.1, -0.05) is 6.07 Å². The minimum absolute atomic E-state index is 0.0799. The van der Waals surface area contributed by atoms with Crippen LogP contribution in [0.1, 0.15) is 37.4 Å². The predicted molar refractivity (Wildman–Crippen MR) is 74.9 cm³/mol. The van der Waals surface area contributed by atoms with Crippen LogP contribution in [0.25, 0.3) is 0 Å². The van der Waals surface area contributed by atoms with Gasteiger partial charge < -0.3 is 10.5 Å². The first-order valence-electron chi connectivity index (χ1n) is 6.69. The summed E-state index contributed by atoms with van der Waals surface area (Å²) in [5, 5.41) is 0. The molecule has 100 valence electrons. The van der Waals surface area contributed by atoms with Crippen LogP contribution in [0.3, 0.4) is 0 Å². The van der Waals surface area contributed by atoms with Gasteiger partial charge in [0, 0.05) is 18.1 Å². The number of rotatable bonds is 3. The minimum Gasteiger partial charge on any atom is -0.497 e.